The molecule has 20 heavy (non-hydrogen) atoms. The maximum absolute atomic E-state index is 13.0. The van der Waals surface area contributed by atoms with Crippen LogP contribution in [0.5, 0.6) is 0 Å². The van der Waals surface area contributed by atoms with Gasteiger partial charge in [-0.05, 0) is 35.2 Å². The van der Waals surface area contributed by atoms with Crippen LogP contribution < -0.4 is 5.32 Å². The van der Waals surface area contributed by atoms with Gasteiger partial charge in [0.2, 0.25) is 0 Å². The zero-order chi connectivity index (χ0) is 14.1. The molecule has 0 saturated heterocycles. The van der Waals surface area contributed by atoms with Gasteiger partial charge in [0.25, 0.3) is 0 Å². The molecule has 3 rings (SSSR count). The van der Waals surface area contributed by atoms with Gasteiger partial charge in [0, 0.05) is 17.6 Å². The van der Waals surface area contributed by atoms with Crippen molar-refractivity contribution in [3.8, 4) is 0 Å². The third kappa shape index (κ3) is 2.69. The van der Waals surface area contributed by atoms with Gasteiger partial charge >= 0.3 is 0 Å². The second-order valence-corrected chi connectivity index (χ2v) is 5.98. The van der Waals surface area contributed by atoms with E-state index in [9.17, 15) is 4.39 Å². The van der Waals surface area contributed by atoms with E-state index in [-0.39, 0.29) is 17.2 Å². The van der Waals surface area contributed by atoms with E-state index >= 15 is 0 Å². The van der Waals surface area contributed by atoms with E-state index in [0.29, 0.717) is 11.6 Å². The molecular weight excluding hydrogens is 296 g/mol. The van der Waals surface area contributed by atoms with Crippen molar-refractivity contribution in [2.45, 2.75) is 24.4 Å². The Balaban J connectivity index is 1.75. The Morgan fingerprint density at radius 1 is 1.20 bits per heavy atom. The van der Waals surface area contributed by atoms with Crippen LogP contribution in [0.1, 0.15) is 22.7 Å². The van der Waals surface area contributed by atoms with Crippen molar-refractivity contribution in [1.82, 2.24) is 5.32 Å². The first-order chi connectivity index (χ1) is 9.65. The molecule has 0 fully saturated rings. The van der Waals surface area contributed by atoms with Crippen molar-refractivity contribution < 1.29 is 4.39 Å². The minimum atomic E-state index is -0.319. The average molecular weight is 310 g/mol. The van der Waals surface area contributed by atoms with E-state index in [2.05, 4.69) is 17.4 Å². The zero-order valence-corrected chi connectivity index (χ0v) is 12.3. The third-order valence-corrected chi connectivity index (χ3v) is 4.45. The van der Waals surface area contributed by atoms with Crippen LogP contribution in [-0.4, -0.2) is 5.38 Å². The molecule has 0 saturated carbocycles. The first-order valence-corrected chi connectivity index (χ1v) is 7.36. The van der Waals surface area contributed by atoms with E-state index < -0.39 is 0 Å². The summed E-state index contributed by atoms with van der Waals surface area (Å²) in [5, 5.41) is 3.90. The smallest absolute Gasteiger partial charge is 0.124 e. The van der Waals surface area contributed by atoms with Crippen molar-refractivity contribution in [2.24, 2.45) is 0 Å². The molecule has 1 N–H and O–H groups in total. The van der Waals surface area contributed by atoms with E-state index in [1.807, 2.05) is 12.1 Å². The van der Waals surface area contributed by atoms with Gasteiger partial charge in [-0.1, -0.05) is 41.9 Å². The molecule has 104 valence electrons. The van der Waals surface area contributed by atoms with Crippen LogP contribution >= 0.6 is 23.2 Å². The predicted octanol–water partition coefficient (Wildman–Crippen LogP) is 4.47. The second-order valence-electron chi connectivity index (χ2n) is 5.01. The van der Waals surface area contributed by atoms with Crippen LogP contribution in [0, 0.1) is 5.82 Å². The van der Waals surface area contributed by atoms with Crippen molar-refractivity contribution >= 4 is 23.2 Å². The third-order valence-electron chi connectivity index (χ3n) is 3.69. The summed E-state index contributed by atoms with van der Waals surface area (Å²) in [5.41, 5.74) is 3.40. The maximum Gasteiger partial charge on any atom is 0.124 e. The summed E-state index contributed by atoms with van der Waals surface area (Å²) in [7, 11) is 0. The van der Waals surface area contributed by atoms with Gasteiger partial charge < -0.3 is 5.32 Å². The largest absolute Gasteiger partial charge is 0.305 e. The fraction of sp³-hybridized carbons (Fsp3) is 0.250. The Morgan fingerprint density at radius 2 is 2.00 bits per heavy atom. The molecule has 2 atom stereocenters. The number of alkyl halides is 1. The summed E-state index contributed by atoms with van der Waals surface area (Å²) in [6, 6.07) is 12.8. The SMILES string of the molecule is Fc1ccc(CNC2c3ccccc3CC2Cl)c(Cl)c1. The molecule has 0 amide bonds. The monoisotopic (exact) mass is 309 g/mol. The lowest BCUT2D eigenvalue weighted by molar-refractivity contribution is 0.535. The topological polar surface area (TPSA) is 12.0 Å². The van der Waals surface area contributed by atoms with Crippen LogP contribution in [0.25, 0.3) is 0 Å². The maximum atomic E-state index is 13.0. The van der Waals surface area contributed by atoms with Crippen LogP contribution in [-0.2, 0) is 13.0 Å². The van der Waals surface area contributed by atoms with Crippen molar-refractivity contribution in [2.75, 3.05) is 0 Å². The number of hydrogen-bond donors (Lipinski definition) is 1. The lowest BCUT2D eigenvalue weighted by atomic mass is 10.1. The summed E-state index contributed by atoms with van der Waals surface area (Å²) in [5.74, 6) is -0.319. The zero-order valence-electron chi connectivity index (χ0n) is 10.7. The van der Waals surface area contributed by atoms with Crippen molar-refractivity contribution in [1.29, 1.82) is 0 Å². The highest BCUT2D eigenvalue weighted by molar-refractivity contribution is 6.31. The number of fused-ring (bicyclic) bond motifs is 1. The van der Waals surface area contributed by atoms with Gasteiger partial charge in [-0.15, -0.1) is 11.6 Å². The fourth-order valence-electron chi connectivity index (χ4n) is 2.67. The molecule has 4 heteroatoms. The normalized spacial score (nSPS) is 20.9. The Bertz CT molecular complexity index is 630. The molecule has 2 aromatic rings. The number of nitrogens with one attached hydrogen (secondary N) is 1. The molecule has 0 aromatic heterocycles. The summed E-state index contributed by atoms with van der Waals surface area (Å²) >= 11 is 12.5. The predicted molar refractivity (Wildman–Crippen MR) is 80.8 cm³/mol. The van der Waals surface area contributed by atoms with E-state index in [1.165, 1.54) is 23.3 Å². The minimum absolute atomic E-state index is 0.0339. The highest BCUT2D eigenvalue weighted by Gasteiger charge is 2.30. The number of rotatable bonds is 3. The molecule has 1 nitrogen and oxygen atoms in total. The van der Waals surface area contributed by atoms with Gasteiger partial charge in [-0.2, -0.15) is 0 Å². The molecule has 2 unspecified atom stereocenters. The molecule has 0 bridgehead atoms. The molecule has 1 aliphatic rings. The van der Waals surface area contributed by atoms with E-state index in [1.54, 1.807) is 6.07 Å². The number of hydrogen-bond acceptors (Lipinski definition) is 1. The quantitative estimate of drug-likeness (QED) is 0.825. The molecule has 1 aliphatic carbocycles. The number of benzene rings is 2. The standard InChI is InChI=1S/C16H14Cl2FN/c17-14-8-12(19)6-5-11(14)9-20-16-13-4-2-1-3-10(13)7-15(16)18/h1-6,8,15-16,20H,7,9H2. The first kappa shape index (κ1) is 13.9. The highest BCUT2D eigenvalue weighted by atomic mass is 35.5. The average Bonchev–Trinajstić information content (AvgIpc) is 2.74. The summed E-state index contributed by atoms with van der Waals surface area (Å²) in [6.45, 7) is 0.571. The Labute approximate surface area is 127 Å². The minimum Gasteiger partial charge on any atom is -0.305 e. The van der Waals surface area contributed by atoms with Crippen LogP contribution in [0.4, 0.5) is 4.39 Å². The van der Waals surface area contributed by atoms with Crippen LogP contribution in [0.3, 0.4) is 0 Å². The van der Waals surface area contributed by atoms with E-state index in [4.69, 9.17) is 23.2 Å². The highest BCUT2D eigenvalue weighted by Crippen LogP contribution is 2.35. The van der Waals surface area contributed by atoms with Gasteiger partial charge in [-0.3, -0.25) is 0 Å². The van der Waals surface area contributed by atoms with Crippen LogP contribution in [0.15, 0.2) is 42.5 Å². The van der Waals surface area contributed by atoms with Crippen molar-refractivity contribution in [3.63, 3.8) is 0 Å². The van der Waals surface area contributed by atoms with Gasteiger partial charge in [-0.25, -0.2) is 4.39 Å². The number of halogens is 3. The molecule has 0 spiro atoms. The molecule has 0 heterocycles. The Hall–Kier alpha value is -1.09. The van der Waals surface area contributed by atoms with Gasteiger partial charge in [0.05, 0.1) is 5.38 Å². The van der Waals surface area contributed by atoms with Crippen molar-refractivity contribution in [3.05, 3.63) is 70.0 Å². The summed E-state index contributed by atoms with van der Waals surface area (Å²) < 4.78 is 13.0. The molecule has 0 aliphatic heterocycles. The molecular formula is C16H14Cl2FN. The summed E-state index contributed by atoms with van der Waals surface area (Å²) in [4.78, 5) is 0. The lowest BCUT2D eigenvalue weighted by Gasteiger charge is -2.18. The second kappa shape index (κ2) is 5.72. The molecule has 0 radical (unpaired) electrons. The van der Waals surface area contributed by atoms with Gasteiger partial charge in [0.1, 0.15) is 5.82 Å². The Kier molecular flexibility index (Phi) is 3.97. The lowest BCUT2D eigenvalue weighted by Crippen LogP contribution is -2.25. The first-order valence-electron chi connectivity index (χ1n) is 6.54. The Morgan fingerprint density at radius 3 is 2.80 bits per heavy atom. The summed E-state index contributed by atoms with van der Waals surface area (Å²) in [6.07, 6.45) is 0.868. The molecule has 2 aromatic carbocycles. The van der Waals surface area contributed by atoms with E-state index in [0.717, 1.165) is 12.0 Å². The van der Waals surface area contributed by atoms with Gasteiger partial charge in [0.15, 0.2) is 0 Å². The van der Waals surface area contributed by atoms with Crippen LogP contribution in [0.2, 0.25) is 5.02 Å². The fourth-order valence-corrected chi connectivity index (χ4v) is 3.29.